The number of para-hydroxylation sites is 1. The van der Waals surface area contributed by atoms with Gasteiger partial charge in [-0.3, -0.25) is 0 Å². The van der Waals surface area contributed by atoms with Gasteiger partial charge in [0.15, 0.2) is 0 Å². The fourth-order valence-electron chi connectivity index (χ4n) is 2.77. The molecule has 1 heterocycles. The maximum atomic E-state index is 9.24. The molecule has 5 heteroatoms. The second-order valence-electron chi connectivity index (χ2n) is 5.55. The fraction of sp³-hybridized carbons (Fsp3) is 0.562. The topological polar surface area (TPSA) is 58.7 Å². The van der Waals surface area contributed by atoms with Crippen molar-refractivity contribution < 1.29 is 9.84 Å². The van der Waals surface area contributed by atoms with Crippen LogP contribution in [0.3, 0.4) is 0 Å². The number of aliphatic hydroxyl groups is 1. The average Bonchev–Trinajstić information content (AvgIpc) is 2.52. The Bertz CT molecular complexity index is 467. The summed E-state index contributed by atoms with van der Waals surface area (Å²) in [4.78, 5) is 2.78. The molecule has 21 heavy (non-hydrogen) atoms. The van der Waals surface area contributed by atoms with Crippen LogP contribution in [0.5, 0.6) is 5.75 Å². The number of likely N-dealkylation sites (tertiary alicyclic amines) is 1. The minimum absolute atomic E-state index is 0.300. The molecule has 1 aliphatic heterocycles. The Kier molecular flexibility index (Phi) is 6.42. The average molecular weight is 308 g/mol. The van der Waals surface area contributed by atoms with Crippen molar-refractivity contribution in [3.63, 3.8) is 0 Å². The van der Waals surface area contributed by atoms with E-state index >= 15 is 0 Å². The molecule has 1 atom stereocenters. The third-order valence-electron chi connectivity index (χ3n) is 3.89. The maximum Gasteiger partial charge on any atom is 0.129 e. The van der Waals surface area contributed by atoms with Crippen LogP contribution in [0.2, 0.25) is 0 Å². The van der Waals surface area contributed by atoms with Crippen LogP contribution in [0.4, 0.5) is 0 Å². The van der Waals surface area contributed by atoms with Crippen molar-refractivity contribution in [3.05, 3.63) is 29.8 Å². The van der Waals surface area contributed by atoms with Crippen LogP contribution < -0.4 is 10.5 Å². The Balaban J connectivity index is 1.74. The molecule has 1 fully saturated rings. The van der Waals surface area contributed by atoms with Gasteiger partial charge in [-0.05, 0) is 43.9 Å². The smallest absolute Gasteiger partial charge is 0.129 e. The van der Waals surface area contributed by atoms with E-state index in [1.54, 1.807) is 0 Å². The lowest BCUT2D eigenvalue weighted by Crippen LogP contribution is -2.37. The number of rotatable bonds is 7. The van der Waals surface area contributed by atoms with E-state index in [1.165, 1.54) is 6.42 Å². The molecule has 0 spiro atoms. The Hall–Kier alpha value is -1.17. The van der Waals surface area contributed by atoms with Crippen molar-refractivity contribution in [1.29, 1.82) is 0 Å². The summed E-state index contributed by atoms with van der Waals surface area (Å²) in [6, 6.07) is 7.61. The molecule has 1 aromatic rings. The summed E-state index contributed by atoms with van der Waals surface area (Å²) in [5.41, 5.74) is 6.48. The number of hydrogen-bond acceptors (Lipinski definition) is 4. The van der Waals surface area contributed by atoms with Crippen LogP contribution in [-0.2, 0) is 0 Å². The van der Waals surface area contributed by atoms with E-state index in [0.29, 0.717) is 24.1 Å². The highest BCUT2D eigenvalue weighted by atomic mass is 32.1. The summed E-state index contributed by atoms with van der Waals surface area (Å²) in [5.74, 6) is 1.20. The Morgan fingerprint density at radius 1 is 1.43 bits per heavy atom. The van der Waals surface area contributed by atoms with Crippen LogP contribution in [0.25, 0.3) is 0 Å². The van der Waals surface area contributed by atoms with E-state index in [1.807, 2.05) is 24.3 Å². The SMILES string of the molecule is NC(=S)c1ccccc1OCCCN1CCCC(CO)C1. The molecule has 116 valence electrons. The summed E-state index contributed by atoms with van der Waals surface area (Å²) in [6.07, 6.45) is 3.28. The minimum atomic E-state index is 0.300. The second kappa shape index (κ2) is 8.32. The van der Waals surface area contributed by atoms with Gasteiger partial charge in [0, 0.05) is 19.7 Å². The highest BCUT2D eigenvalue weighted by Crippen LogP contribution is 2.19. The lowest BCUT2D eigenvalue weighted by molar-refractivity contribution is 0.115. The number of nitrogens with zero attached hydrogens (tertiary/aromatic N) is 1. The van der Waals surface area contributed by atoms with Crippen molar-refractivity contribution >= 4 is 17.2 Å². The van der Waals surface area contributed by atoms with Crippen LogP contribution >= 0.6 is 12.2 Å². The zero-order valence-corrected chi connectivity index (χ0v) is 13.1. The molecule has 0 radical (unpaired) electrons. The molecule has 1 aromatic carbocycles. The number of thiocarbonyl (C=S) groups is 1. The minimum Gasteiger partial charge on any atom is -0.493 e. The van der Waals surface area contributed by atoms with Gasteiger partial charge in [-0.15, -0.1) is 0 Å². The first kappa shape index (κ1) is 16.2. The van der Waals surface area contributed by atoms with Crippen molar-refractivity contribution in [2.45, 2.75) is 19.3 Å². The molecule has 1 unspecified atom stereocenters. The summed E-state index contributed by atoms with van der Waals surface area (Å²) in [7, 11) is 0. The van der Waals surface area contributed by atoms with E-state index in [-0.39, 0.29) is 0 Å². The number of benzene rings is 1. The zero-order chi connectivity index (χ0) is 15.1. The molecule has 4 nitrogen and oxygen atoms in total. The summed E-state index contributed by atoms with van der Waals surface area (Å²) >= 11 is 5.02. The normalized spacial score (nSPS) is 19.4. The highest BCUT2D eigenvalue weighted by Gasteiger charge is 2.18. The summed E-state index contributed by atoms with van der Waals surface area (Å²) in [5, 5.41) is 9.24. The van der Waals surface area contributed by atoms with E-state index in [2.05, 4.69) is 4.90 Å². The second-order valence-corrected chi connectivity index (χ2v) is 5.99. The first-order chi connectivity index (χ1) is 10.2. The zero-order valence-electron chi connectivity index (χ0n) is 12.3. The van der Waals surface area contributed by atoms with Gasteiger partial charge >= 0.3 is 0 Å². The van der Waals surface area contributed by atoms with Crippen molar-refractivity contribution in [3.8, 4) is 5.75 Å². The first-order valence-electron chi connectivity index (χ1n) is 7.55. The standard InChI is InChI=1S/C16H24N2O2S/c17-16(21)14-6-1-2-7-15(14)20-10-4-9-18-8-3-5-13(11-18)12-19/h1-2,6-7,13,19H,3-5,8-12H2,(H2,17,21). The van der Waals surface area contributed by atoms with Gasteiger partial charge in [0.1, 0.15) is 10.7 Å². The predicted octanol–water partition coefficient (Wildman–Crippen LogP) is 1.79. The van der Waals surface area contributed by atoms with Gasteiger partial charge in [-0.2, -0.15) is 0 Å². The van der Waals surface area contributed by atoms with E-state index < -0.39 is 0 Å². The molecule has 0 saturated carbocycles. The molecule has 2 rings (SSSR count). The Morgan fingerprint density at radius 2 is 2.24 bits per heavy atom. The number of ether oxygens (including phenoxy) is 1. The molecule has 1 aliphatic rings. The van der Waals surface area contributed by atoms with Gasteiger partial charge < -0.3 is 20.5 Å². The predicted molar refractivity (Wildman–Crippen MR) is 88.7 cm³/mol. The molecule has 0 amide bonds. The molecule has 3 N–H and O–H groups in total. The van der Waals surface area contributed by atoms with Crippen LogP contribution in [0.1, 0.15) is 24.8 Å². The largest absolute Gasteiger partial charge is 0.493 e. The Morgan fingerprint density at radius 3 is 3.00 bits per heavy atom. The van der Waals surface area contributed by atoms with Gasteiger partial charge in [-0.25, -0.2) is 0 Å². The van der Waals surface area contributed by atoms with Crippen molar-refractivity contribution in [2.75, 3.05) is 32.8 Å². The first-order valence-corrected chi connectivity index (χ1v) is 7.96. The quantitative estimate of drug-likeness (QED) is 0.594. The van der Waals surface area contributed by atoms with E-state index in [9.17, 15) is 5.11 Å². The fourth-order valence-corrected chi connectivity index (χ4v) is 2.94. The molecular weight excluding hydrogens is 284 g/mol. The number of aliphatic hydroxyl groups excluding tert-OH is 1. The lowest BCUT2D eigenvalue weighted by atomic mass is 9.99. The number of piperidine rings is 1. The summed E-state index contributed by atoms with van der Waals surface area (Å²) < 4.78 is 5.80. The maximum absolute atomic E-state index is 9.24. The monoisotopic (exact) mass is 308 g/mol. The molecule has 0 aromatic heterocycles. The third kappa shape index (κ3) is 4.95. The van der Waals surface area contributed by atoms with Gasteiger partial charge in [0.25, 0.3) is 0 Å². The van der Waals surface area contributed by atoms with Gasteiger partial charge in [0.05, 0.1) is 12.2 Å². The molecular formula is C16H24N2O2S. The van der Waals surface area contributed by atoms with E-state index in [0.717, 1.165) is 43.8 Å². The third-order valence-corrected chi connectivity index (χ3v) is 4.11. The van der Waals surface area contributed by atoms with Crippen LogP contribution in [-0.4, -0.2) is 47.8 Å². The molecule has 0 bridgehead atoms. The Labute approximate surface area is 131 Å². The van der Waals surface area contributed by atoms with Crippen molar-refractivity contribution in [2.24, 2.45) is 11.7 Å². The van der Waals surface area contributed by atoms with Gasteiger partial charge in [0.2, 0.25) is 0 Å². The van der Waals surface area contributed by atoms with Crippen LogP contribution in [0.15, 0.2) is 24.3 Å². The van der Waals surface area contributed by atoms with Gasteiger partial charge in [-0.1, -0.05) is 24.4 Å². The van der Waals surface area contributed by atoms with Crippen molar-refractivity contribution in [1.82, 2.24) is 4.90 Å². The molecule has 0 aliphatic carbocycles. The number of nitrogens with two attached hydrogens (primary N) is 1. The van der Waals surface area contributed by atoms with E-state index in [4.69, 9.17) is 22.7 Å². The van der Waals surface area contributed by atoms with Crippen LogP contribution in [0, 0.1) is 5.92 Å². The highest BCUT2D eigenvalue weighted by molar-refractivity contribution is 7.80. The molecule has 1 saturated heterocycles. The number of hydrogen-bond donors (Lipinski definition) is 2. The summed E-state index contributed by atoms with van der Waals surface area (Å²) in [6.45, 7) is 4.08. The lowest BCUT2D eigenvalue weighted by Gasteiger charge is -2.31.